The van der Waals surface area contributed by atoms with Crippen LogP contribution in [0.2, 0.25) is 0 Å². The molecule has 0 fully saturated rings. The Morgan fingerprint density at radius 3 is 0.286 bits per heavy atom. The van der Waals surface area contributed by atoms with Crippen LogP contribution in [0.5, 0.6) is 0 Å². The van der Waals surface area contributed by atoms with Gasteiger partial charge >= 0.3 is 21.1 Å². The quantitative estimate of drug-likeness (QED) is 0.329. The van der Waals surface area contributed by atoms with Crippen molar-refractivity contribution in [3.63, 3.8) is 0 Å². The van der Waals surface area contributed by atoms with Gasteiger partial charge in [-0.05, 0) is 0 Å². The first-order chi connectivity index (χ1) is 0. The van der Waals surface area contributed by atoms with E-state index in [2.05, 4.69) is 0 Å². The van der Waals surface area contributed by atoms with E-state index in [0.717, 1.165) is 0 Å². The summed E-state index contributed by atoms with van der Waals surface area (Å²) in [6, 6.07) is 0. The third-order valence-corrected chi connectivity index (χ3v) is 0. The van der Waals surface area contributed by atoms with E-state index in [9.17, 15) is 0 Å². The van der Waals surface area contributed by atoms with Gasteiger partial charge < -0.3 is 0 Å². The van der Waals surface area contributed by atoms with Gasteiger partial charge in [-0.25, -0.2) is 0 Å². The van der Waals surface area contributed by atoms with E-state index in [0.29, 0.717) is 0 Å². The maximum atomic E-state index is 0. The van der Waals surface area contributed by atoms with Crippen molar-refractivity contribution < 1.29 is 21.1 Å². The van der Waals surface area contributed by atoms with Crippen molar-refractivity contribution in [1.82, 2.24) is 0 Å². The SMILES string of the molecule is [BH4-].[BH4-].[BH4-].[BH4-].[BH4-].[BH4-].[Mo+6]. The van der Waals surface area contributed by atoms with Gasteiger partial charge in [0.1, 0.15) is 0 Å². The summed E-state index contributed by atoms with van der Waals surface area (Å²) < 4.78 is 0. The second-order valence-corrected chi connectivity index (χ2v) is 0. The fraction of sp³-hybridized carbons (Fsp3) is 0. The summed E-state index contributed by atoms with van der Waals surface area (Å²) in [5.41, 5.74) is 0. The van der Waals surface area contributed by atoms with Crippen LogP contribution in [0.1, 0.15) is 0 Å². The smallest absolute Gasteiger partial charge is 0.0626 e. The van der Waals surface area contributed by atoms with Gasteiger partial charge in [-0.1, -0.05) is 50.5 Å². The predicted molar refractivity (Wildman–Crippen MR) is 68.0 cm³/mol. The summed E-state index contributed by atoms with van der Waals surface area (Å²) in [6.07, 6.45) is 0. The minimum Gasteiger partial charge on any atom is -0.0626 e. The summed E-state index contributed by atoms with van der Waals surface area (Å²) in [5, 5.41) is 0. The van der Waals surface area contributed by atoms with Crippen LogP contribution in [-0.4, -0.2) is 50.5 Å². The molecule has 0 aliphatic carbocycles. The maximum Gasteiger partial charge on any atom is 6.00 e. The van der Waals surface area contributed by atoms with E-state index >= 15 is 0 Å². The van der Waals surface area contributed by atoms with Crippen molar-refractivity contribution in [2.75, 3.05) is 0 Å². The van der Waals surface area contributed by atoms with E-state index in [1.165, 1.54) is 0 Å². The van der Waals surface area contributed by atoms with Gasteiger partial charge in [0.25, 0.3) is 0 Å². The van der Waals surface area contributed by atoms with Crippen molar-refractivity contribution in [3.05, 3.63) is 0 Å². The molecule has 0 saturated carbocycles. The average Bonchev–Trinajstić information content (AvgIpc) is 0. The van der Waals surface area contributed by atoms with Crippen LogP contribution in [0.3, 0.4) is 0 Å². The minimum atomic E-state index is 0. The molecule has 48 valence electrons. The molecule has 0 bridgehead atoms. The van der Waals surface area contributed by atoms with E-state index < -0.39 is 0 Å². The largest absolute Gasteiger partial charge is 6.00 e. The molecule has 0 aliphatic heterocycles. The van der Waals surface area contributed by atoms with E-state index in [4.69, 9.17) is 0 Å². The summed E-state index contributed by atoms with van der Waals surface area (Å²) in [4.78, 5) is 0. The molecule has 0 unspecified atom stereocenters. The van der Waals surface area contributed by atoms with Crippen LogP contribution in [0, 0.1) is 0 Å². The van der Waals surface area contributed by atoms with Gasteiger partial charge in [-0.15, -0.1) is 0 Å². The van der Waals surface area contributed by atoms with Crippen molar-refractivity contribution in [2.24, 2.45) is 0 Å². The molecular weight excluding hydrogens is 161 g/mol. The topological polar surface area (TPSA) is 0 Å². The molecule has 0 aromatic rings. The van der Waals surface area contributed by atoms with E-state index in [1.54, 1.807) is 0 Å². The van der Waals surface area contributed by atoms with Crippen molar-refractivity contribution in [3.8, 4) is 0 Å². The van der Waals surface area contributed by atoms with Gasteiger partial charge in [0.15, 0.2) is 0 Å². The molecule has 0 rings (SSSR count). The van der Waals surface area contributed by atoms with Crippen LogP contribution in [0.15, 0.2) is 0 Å². The molecule has 0 radical (unpaired) electrons. The van der Waals surface area contributed by atoms with Crippen molar-refractivity contribution >= 4 is 50.5 Å². The number of rotatable bonds is 0. The number of hydrogen-bond acceptors (Lipinski definition) is 0. The van der Waals surface area contributed by atoms with Gasteiger partial charge in [-0.2, -0.15) is 0 Å². The molecule has 0 atom stereocenters. The molecule has 0 spiro atoms. The summed E-state index contributed by atoms with van der Waals surface area (Å²) in [7, 11) is 0. The Balaban J connectivity index is 0. The molecule has 0 saturated heterocycles. The third kappa shape index (κ3) is 157. The zero-order chi connectivity index (χ0) is 0. The molecule has 0 aliphatic rings. The second-order valence-electron chi connectivity index (χ2n) is 0. The van der Waals surface area contributed by atoms with Gasteiger partial charge in [0, 0.05) is 0 Å². The zero-order valence-electron chi connectivity index (χ0n) is 0.408. The third-order valence-electron chi connectivity index (χ3n) is 0. The normalized spacial score (nSPS) is 0. The Bertz CT molecular complexity index is 4.14. The van der Waals surface area contributed by atoms with Crippen LogP contribution in [0.25, 0.3) is 0 Å². The summed E-state index contributed by atoms with van der Waals surface area (Å²) in [6.45, 7) is 0. The molecule has 0 heterocycles. The molecule has 0 nitrogen and oxygen atoms in total. The van der Waals surface area contributed by atoms with E-state index in [-0.39, 0.29) is 71.5 Å². The molecular formula is H24B6Mo. The fourth-order valence-electron chi connectivity index (χ4n) is 0. The van der Waals surface area contributed by atoms with Gasteiger partial charge in [0.2, 0.25) is 0 Å². The Kier molecular flexibility index (Phi) is 11200. The fourth-order valence-corrected chi connectivity index (χ4v) is 0. The molecule has 0 aromatic carbocycles. The first-order valence-corrected chi connectivity index (χ1v) is 0. The monoisotopic (exact) mass is 188 g/mol. The van der Waals surface area contributed by atoms with Crippen molar-refractivity contribution in [1.29, 1.82) is 0 Å². The Morgan fingerprint density at radius 2 is 0.286 bits per heavy atom. The van der Waals surface area contributed by atoms with Crippen molar-refractivity contribution in [2.45, 2.75) is 0 Å². The average molecular weight is 185 g/mol. The van der Waals surface area contributed by atoms with Crippen LogP contribution in [-0.2, 0) is 21.1 Å². The number of hydrogen-bond donors (Lipinski definition) is 0. The first-order valence-electron chi connectivity index (χ1n) is 0. The zero-order valence-corrected chi connectivity index (χ0v) is 2.42. The Labute approximate surface area is 71.7 Å². The Hall–Kier alpha value is 1.08. The van der Waals surface area contributed by atoms with Crippen LogP contribution in [0.4, 0.5) is 0 Å². The standard InChI is InChI=1S/6BH4.Mo/h6*1H4;/q6*-1;+6. The van der Waals surface area contributed by atoms with Gasteiger partial charge in [0.05, 0.1) is 0 Å². The summed E-state index contributed by atoms with van der Waals surface area (Å²) >= 11 is 0. The molecule has 7 heavy (non-hydrogen) atoms. The molecule has 0 amide bonds. The van der Waals surface area contributed by atoms with Gasteiger partial charge in [-0.3, -0.25) is 0 Å². The van der Waals surface area contributed by atoms with E-state index in [1.807, 2.05) is 0 Å². The molecule has 0 aromatic heterocycles. The van der Waals surface area contributed by atoms with Crippen LogP contribution < -0.4 is 0 Å². The maximum absolute atomic E-state index is 0. The molecule has 0 N–H and O–H groups in total. The minimum absolute atomic E-state index is 0. The predicted octanol–water partition coefficient (Wildman–Crippen LogP) is -8.71. The van der Waals surface area contributed by atoms with Crippen LogP contribution >= 0.6 is 0 Å². The Morgan fingerprint density at radius 1 is 0.286 bits per heavy atom. The summed E-state index contributed by atoms with van der Waals surface area (Å²) in [5.74, 6) is 0. The molecule has 7 heteroatoms. The first kappa shape index (κ1) is 348. The second kappa shape index (κ2) is 225.